The minimum absolute atomic E-state index is 0.501. The van der Waals surface area contributed by atoms with Crippen LogP contribution in [0.2, 0.25) is 0 Å². The average molecular weight is 234 g/mol. The van der Waals surface area contributed by atoms with Gasteiger partial charge in [0.05, 0.1) is 12.2 Å². The minimum atomic E-state index is 0.501. The van der Waals surface area contributed by atoms with Gasteiger partial charge in [0, 0.05) is 11.8 Å². The van der Waals surface area contributed by atoms with Gasteiger partial charge < -0.3 is 4.74 Å². The first kappa shape index (κ1) is 11.8. The van der Waals surface area contributed by atoms with Gasteiger partial charge >= 0.3 is 0 Å². The summed E-state index contributed by atoms with van der Waals surface area (Å²) in [6.45, 7) is 4.67. The summed E-state index contributed by atoms with van der Waals surface area (Å²) < 4.78 is 6.48. The second kappa shape index (κ2) is 4.76. The van der Waals surface area contributed by atoms with Crippen LogP contribution in [0.15, 0.2) is 11.6 Å². The highest BCUT2D eigenvalue weighted by Crippen LogP contribution is 2.47. The molecule has 3 rings (SSSR count). The normalized spacial score (nSPS) is 41.7. The fourth-order valence-electron chi connectivity index (χ4n) is 4.26. The first-order valence-electron chi connectivity index (χ1n) is 7.63. The Morgan fingerprint density at radius 3 is 2.65 bits per heavy atom. The Morgan fingerprint density at radius 2 is 1.82 bits per heavy atom. The Kier molecular flexibility index (Phi) is 3.30. The molecule has 1 saturated heterocycles. The number of allylic oxidation sites excluding steroid dienone is 1. The molecule has 1 heteroatoms. The summed E-state index contributed by atoms with van der Waals surface area (Å²) in [7, 11) is 0. The van der Waals surface area contributed by atoms with Gasteiger partial charge in [-0.2, -0.15) is 0 Å². The fraction of sp³-hybridized carbons (Fsp3) is 0.875. The molecule has 0 bridgehead atoms. The zero-order chi connectivity index (χ0) is 11.8. The summed E-state index contributed by atoms with van der Waals surface area (Å²) in [6, 6.07) is 0. The smallest absolute Gasteiger partial charge is 0.0667 e. The molecule has 1 nitrogen and oxygen atoms in total. The van der Waals surface area contributed by atoms with Crippen molar-refractivity contribution in [1.29, 1.82) is 0 Å². The number of rotatable bonds is 1. The maximum atomic E-state index is 6.48. The van der Waals surface area contributed by atoms with Crippen molar-refractivity contribution in [2.24, 2.45) is 17.8 Å². The van der Waals surface area contributed by atoms with Crippen molar-refractivity contribution < 1.29 is 4.74 Å². The third-order valence-corrected chi connectivity index (χ3v) is 5.04. The molecule has 2 fully saturated rings. The molecule has 0 unspecified atom stereocenters. The number of hydrogen-bond donors (Lipinski definition) is 0. The average Bonchev–Trinajstić information content (AvgIpc) is 2.37. The topological polar surface area (TPSA) is 9.23 Å². The molecule has 0 spiro atoms. The second-order valence-corrected chi connectivity index (χ2v) is 6.52. The van der Waals surface area contributed by atoms with E-state index in [-0.39, 0.29) is 0 Å². The second-order valence-electron chi connectivity index (χ2n) is 6.52. The molecular weight excluding hydrogens is 208 g/mol. The molecule has 3 aliphatic rings. The number of fused-ring (bicyclic) bond motifs is 3. The molecule has 0 radical (unpaired) electrons. The maximum absolute atomic E-state index is 6.48. The molecule has 0 aromatic carbocycles. The molecule has 96 valence electrons. The van der Waals surface area contributed by atoms with Gasteiger partial charge in [0.1, 0.15) is 0 Å². The van der Waals surface area contributed by atoms with Gasteiger partial charge in [-0.1, -0.05) is 38.3 Å². The molecular formula is C16H26O. The van der Waals surface area contributed by atoms with Crippen molar-refractivity contribution in [2.75, 3.05) is 0 Å². The van der Waals surface area contributed by atoms with Gasteiger partial charge in [0.15, 0.2) is 0 Å². The molecule has 0 aromatic rings. The fourth-order valence-corrected chi connectivity index (χ4v) is 4.26. The Balaban J connectivity index is 1.88. The lowest BCUT2D eigenvalue weighted by molar-refractivity contribution is -0.121. The largest absolute Gasteiger partial charge is 0.373 e. The predicted octanol–water partition coefficient (Wildman–Crippen LogP) is 4.33. The van der Waals surface area contributed by atoms with Gasteiger partial charge in [0.2, 0.25) is 0 Å². The zero-order valence-electron chi connectivity index (χ0n) is 11.3. The van der Waals surface area contributed by atoms with Crippen molar-refractivity contribution in [1.82, 2.24) is 0 Å². The first-order chi connectivity index (χ1) is 8.27. The van der Waals surface area contributed by atoms with Crippen LogP contribution in [0.1, 0.15) is 58.8 Å². The van der Waals surface area contributed by atoms with E-state index in [0.717, 1.165) is 11.8 Å². The van der Waals surface area contributed by atoms with E-state index >= 15 is 0 Å². The summed E-state index contributed by atoms with van der Waals surface area (Å²) in [5.74, 6) is 2.21. The van der Waals surface area contributed by atoms with E-state index in [4.69, 9.17) is 4.74 Å². The van der Waals surface area contributed by atoms with Crippen LogP contribution >= 0.6 is 0 Å². The summed E-state index contributed by atoms with van der Waals surface area (Å²) in [5.41, 5.74) is 1.80. The van der Waals surface area contributed by atoms with E-state index in [1.165, 1.54) is 44.9 Å². The lowest BCUT2D eigenvalue weighted by Crippen LogP contribution is -2.47. The lowest BCUT2D eigenvalue weighted by Gasteiger charge is -2.48. The van der Waals surface area contributed by atoms with Gasteiger partial charge in [-0.25, -0.2) is 0 Å². The van der Waals surface area contributed by atoms with Crippen LogP contribution in [-0.4, -0.2) is 12.2 Å². The molecule has 2 aliphatic carbocycles. The van der Waals surface area contributed by atoms with Crippen molar-refractivity contribution in [2.45, 2.75) is 71.0 Å². The summed E-state index contributed by atoms with van der Waals surface area (Å²) in [5, 5.41) is 0. The van der Waals surface area contributed by atoms with E-state index < -0.39 is 0 Å². The third-order valence-electron chi connectivity index (χ3n) is 5.04. The highest BCUT2D eigenvalue weighted by Gasteiger charge is 2.43. The van der Waals surface area contributed by atoms with Crippen LogP contribution in [-0.2, 0) is 4.74 Å². The van der Waals surface area contributed by atoms with Crippen molar-refractivity contribution >= 4 is 0 Å². The number of hydrogen-bond acceptors (Lipinski definition) is 1. The predicted molar refractivity (Wildman–Crippen MR) is 70.9 cm³/mol. The van der Waals surface area contributed by atoms with Crippen molar-refractivity contribution in [3.8, 4) is 0 Å². The molecule has 1 aliphatic heterocycles. The number of ether oxygens (including phenoxy) is 1. The van der Waals surface area contributed by atoms with E-state index in [1.807, 2.05) is 0 Å². The molecule has 0 aromatic heterocycles. The van der Waals surface area contributed by atoms with E-state index in [2.05, 4.69) is 19.9 Å². The highest BCUT2D eigenvalue weighted by molar-refractivity contribution is 5.20. The Morgan fingerprint density at radius 1 is 1.06 bits per heavy atom. The molecule has 1 heterocycles. The minimum Gasteiger partial charge on any atom is -0.373 e. The maximum Gasteiger partial charge on any atom is 0.0667 e. The standard InChI is InChI=1S/C16H26O/c1-11(2)16-14-9-4-3-7-12(14)13-8-5-6-10-15(13)17-16/h7,11,13-16H,3-6,8-10H2,1-2H3/t13-,14-,15-,16-/m1/s1. The molecule has 17 heavy (non-hydrogen) atoms. The zero-order valence-corrected chi connectivity index (χ0v) is 11.3. The molecule has 0 amide bonds. The van der Waals surface area contributed by atoms with E-state index in [9.17, 15) is 0 Å². The van der Waals surface area contributed by atoms with Gasteiger partial charge in [-0.15, -0.1) is 0 Å². The van der Waals surface area contributed by atoms with Gasteiger partial charge in [-0.05, 0) is 38.0 Å². The van der Waals surface area contributed by atoms with Crippen LogP contribution in [0.5, 0.6) is 0 Å². The monoisotopic (exact) mass is 234 g/mol. The van der Waals surface area contributed by atoms with Crippen LogP contribution in [0.4, 0.5) is 0 Å². The van der Waals surface area contributed by atoms with Crippen LogP contribution in [0.3, 0.4) is 0 Å². The van der Waals surface area contributed by atoms with Crippen molar-refractivity contribution in [3.05, 3.63) is 11.6 Å². The Bertz CT molecular complexity index is 305. The van der Waals surface area contributed by atoms with Crippen LogP contribution in [0, 0.1) is 17.8 Å². The highest BCUT2D eigenvalue weighted by atomic mass is 16.5. The summed E-state index contributed by atoms with van der Waals surface area (Å²) in [6.07, 6.45) is 13.2. The molecule has 1 saturated carbocycles. The Labute approximate surface area is 106 Å². The van der Waals surface area contributed by atoms with E-state index in [0.29, 0.717) is 18.1 Å². The summed E-state index contributed by atoms with van der Waals surface area (Å²) in [4.78, 5) is 0. The molecule has 4 atom stereocenters. The molecule has 0 N–H and O–H groups in total. The summed E-state index contributed by atoms with van der Waals surface area (Å²) >= 11 is 0. The van der Waals surface area contributed by atoms with Gasteiger partial charge in [0.25, 0.3) is 0 Å². The quantitative estimate of drug-likeness (QED) is 0.614. The lowest BCUT2D eigenvalue weighted by atomic mass is 9.67. The van der Waals surface area contributed by atoms with Crippen molar-refractivity contribution in [3.63, 3.8) is 0 Å². The van der Waals surface area contributed by atoms with Crippen LogP contribution < -0.4 is 0 Å². The first-order valence-corrected chi connectivity index (χ1v) is 7.63. The van der Waals surface area contributed by atoms with Gasteiger partial charge in [-0.3, -0.25) is 0 Å². The van der Waals surface area contributed by atoms with Crippen LogP contribution in [0.25, 0.3) is 0 Å². The Hall–Kier alpha value is -0.300. The van der Waals surface area contributed by atoms with E-state index in [1.54, 1.807) is 5.57 Å². The SMILES string of the molecule is CC(C)[C@H]1O[C@@H]2CCCC[C@@H]2C2=CCCC[C@H]21. The third kappa shape index (κ3) is 2.07.